The molecule has 0 aliphatic rings. The molecule has 0 radical (unpaired) electrons. The van der Waals surface area contributed by atoms with Gasteiger partial charge in [0.1, 0.15) is 0 Å². The van der Waals surface area contributed by atoms with Crippen LogP contribution >= 0.6 is 0 Å². The third kappa shape index (κ3) is 2.42. The molecule has 3 rings (SSSR count). The van der Waals surface area contributed by atoms with Crippen LogP contribution in [0.25, 0.3) is 11.2 Å². The molecular formula is C15H14N2O2. The van der Waals surface area contributed by atoms with Crippen LogP contribution in [0.4, 0.5) is 0 Å². The van der Waals surface area contributed by atoms with Gasteiger partial charge in [0.2, 0.25) is 0 Å². The van der Waals surface area contributed by atoms with Gasteiger partial charge in [-0.25, -0.2) is 9.78 Å². The Kier molecular flexibility index (Phi) is 3.14. The van der Waals surface area contributed by atoms with E-state index in [1.165, 1.54) is 5.56 Å². The van der Waals surface area contributed by atoms with Gasteiger partial charge in [0, 0.05) is 12.7 Å². The van der Waals surface area contributed by atoms with Gasteiger partial charge in [0.25, 0.3) is 0 Å². The Labute approximate surface area is 110 Å². The summed E-state index contributed by atoms with van der Waals surface area (Å²) in [5, 5.41) is 0. The third-order valence-corrected chi connectivity index (χ3v) is 3.11. The molecule has 0 N–H and O–H groups in total. The maximum atomic E-state index is 11.7. The molecular weight excluding hydrogens is 240 g/mol. The fourth-order valence-electron chi connectivity index (χ4n) is 2.18. The first-order valence-electron chi connectivity index (χ1n) is 6.33. The topological polar surface area (TPSA) is 48.0 Å². The van der Waals surface area contributed by atoms with Crippen LogP contribution in [0.3, 0.4) is 0 Å². The van der Waals surface area contributed by atoms with Gasteiger partial charge in [-0.3, -0.25) is 4.57 Å². The van der Waals surface area contributed by atoms with Crippen LogP contribution in [0.1, 0.15) is 12.0 Å². The smallest absolute Gasteiger partial charge is 0.406 e. The number of nitrogens with zero attached hydrogens (tertiary/aromatic N) is 2. The van der Waals surface area contributed by atoms with Crippen molar-refractivity contribution in [3.8, 4) is 0 Å². The minimum atomic E-state index is -0.332. The van der Waals surface area contributed by atoms with Crippen molar-refractivity contribution in [1.29, 1.82) is 0 Å². The number of hydrogen-bond acceptors (Lipinski definition) is 3. The first-order valence-corrected chi connectivity index (χ1v) is 6.33. The van der Waals surface area contributed by atoms with Crippen LogP contribution in [-0.2, 0) is 13.0 Å². The fourth-order valence-corrected chi connectivity index (χ4v) is 2.18. The van der Waals surface area contributed by atoms with E-state index in [4.69, 9.17) is 4.42 Å². The Morgan fingerprint density at radius 1 is 1.11 bits per heavy atom. The van der Waals surface area contributed by atoms with Crippen molar-refractivity contribution in [3.63, 3.8) is 0 Å². The maximum Gasteiger partial charge on any atom is 0.421 e. The van der Waals surface area contributed by atoms with Crippen LogP contribution < -0.4 is 5.76 Å². The number of pyridine rings is 1. The zero-order chi connectivity index (χ0) is 13.1. The summed E-state index contributed by atoms with van der Waals surface area (Å²) in [5.74, 6) is -0.332. The Balaban J connectivity index is 1.75. The van der Waals surface area contributed by atoms with Gasteiger partial charge >= 0.3 is 5.76 Å². The molecule has 0 amide bonds. The SMILES string of the molecule is O=c1oc2cccnc2n1CCCc1ccccc1. The summed E-state index contributed by atoms with van der Waals surface area (Å²) in [4.78, 5) is 15.9. The first kappa shape index (κ1) is 11.7. The van der Waals surface area contributed by atoms with Gasteiger partial charge < -0.3 is 4.42 Å². The van der Waals surface area contributed by atoms with Crippen LogP contribution in [0.2, 0.25) is 0 Å². The summed E-state index contributed by atoms with van der Waals surface area (Å²) < 4.78 is 6.74. The molecule has 1 aromatic carbocycles. The van der Waals surface area contributed by atoms with Gasteiger partial charge in [-0.05, 0) is 30.5 Å². The monoisotopic (exact) mass is 254 g/mol. The quantitative estimate of drug-likeness (QED) is 0.719. The largest absolute Gasteiger partial charge is 0.421 e. The van der Waals surface area contributed by atoms with Gasteiger partial charge in [-0.2, -0.15) is 0 Å². The summed E-state index contributed by atoms with van der Waals surface area (Å²) in [5.41, 5.74) is 2.45. The van der Waals surface area contributed by atoms with Crippen molar-refractivity contribution >= 4 is 11.2 Å². The van der Waals surface area contributed by atoms with E-state index in [1.54, 1.807) is 22.9 Å². The van der Waals surface area contributed by atoms with Gasteiger partial charge in [0.15, 0.2) is 11.2 Å². The molecule has 0 bridgehead atoms. The third-order valence-electron chi connectivity index (χ3n) is 3.11. The van der Waals surface area contributed by atoms with Crippen molar-refractivity contribution < 1.29 is 4.42 Å². The lowest BCUT2D eigenvalue weighted by Crippen LogP contribution is -2.15. The number of fused-ring (bicyclic) bond motifs is 1. The van der Waals surface area contributed by atoms with Crippen molar-refractivity contribution in [2.45, 2.75) is 19.4 Å². The van der Waals surface area contributed by atoms with Gasteiger partial charge in [-0.15, -0.1) is 0 Å². The normalized spacial score (nSPS) is 10.9. The highest BCUT2D eigenvalue weighted by Gasteiger charge is 2.08. The lowest BCUT2D eigenvalue weighted by molar-refractivity contribution is 0.497. The first-order chi connectivity index (χ1) is 9.34. The van der Waals surface area contributed by atoms with Crippen LogP contribution in [0.5, 0.6) is 0 Å². The zero-order valence-electron chi connectivity index (χ0n) is 10.5. The summed E-state index contributed by atoms with van der Waals surface area (Å²) >= 11 is 0. The van der Waals surface area contributed by atoms with Crippen LogP contribution in [0.15, 0.2) is 57.9 Å². The summed E-state index contributed by atoms with van der Waals surface area (Å²) in [6.07, 6.45) is 3.49. The second kappa shape index (κ2) is 5.10. The molecule has 0 aliphatic carbocycles. The molecule has 0 aliphatic heterocycles. The van der Waals surface area contributed by atoms with E-state index in [0.29, 0.717) is 17.8 Å². The molecule has 0 saturated heterocycles. The minimum Gasteiger partial charge on any atom is -0.406 e. The lowest BCUT2D eigenvalue weighted by atomic mass is 10.1. The van der Waals surface area contributed by atoms with Gasteiger partial charge in [-0.1, -0.05) is 30.3 Å². The summed E-state index contributed by atoms with van der Waals surface area (Å²) in [7, 11) is 0. The number of aryl methyl sites for hydroxylation is 2. The minimum absolute atomic E-state index is 0.332. The van der Waals surface area contributed by atoms with Crippen molar-refractivity contribution in [3.05, 3.63) is 64.8 Å². The zero-order valence-corrected chi connectivity index (χ0v) is 10.5. The predicted octanol–water partition coefficient (Wildman–Crippen LogP) is 2.62. The van der Waals surface area contributed by atoms with Gasteiger partial charge in [0.05, 0.1) is 0 Å². The number of hydrogen-bond donors (Lipinski definition) is 0. The summed E-state index contributed by atoms with van der Waals surface area (Å²) in [6.45, 7) is 0.623. The lowest BCUT2D eigenvalue weighted by Gasteiger charge is -2.02. The Morgan fingerprint density at radius 2 is 1.95 bits per heavy atom. The fraction of sp³-hybridized carbons (Fsp3) is 0.200. The van der Waals surface area contributed by atoms with E-state index in [2.05, 4.69) is 17.1 Å². The average Bonchev–Trinajstić information content (AvgIpc) is 2.76. The Hall–Kier alpha value is -2.36. The molecule has 0 spiro atoms. The average molecular weight is 254 g/mol. The predicted molar refractivity (Wildman–Crippen MR) is 73.0 cm³/mol. The molecule has 96 valence electrons. The highest BCUT2D eigenvalue weighted by molar-refractivity contribution is 5.67. The van der Waals surface area contributed by atoms with E-state index in [9.17, 15) is 4.79 Å². The molecule has 0 saturated carbocycles. The number of oxazole rings is 1. The second-order valence-corrected chi connectivity index (χ2v) is 4.43. The standard InChI is InChI=1S/C15H14N2O2/c18-15-17(14-13(19-15)9-4-10-16-14)11-5-8-12-6-2-1-3-7-12/h1-4,6-7,9-10H,5,8,11H2. The molecule has 3 aromatic rings. The van der Waals surface area contributed by atoms with Crippen molar-refractivity contribution in [2.24, 2.45) is 0 Å². The number of rotatable bonds is 4. The molecule has 0 atom stereocenters. The van der Waals surface area contributed by atoms with Crippen molar-refractivity contribution in [1.82, 2.24) is 9.55 Å². The molecule has 4 heteroatoms. The molecule has 4 nitrogen and oxygen atoms in total. The van der Waals surface area contributed by atoms with Crippen LogP contribution in [0, 0.1) is 0 Å². The maximum absolute atomic E-state index is 11.7. The highest BCUT2D eigenvalue weighted by Crippen LogP contribution is 2.10. The molecule has 19 heavy (non-hydrogen) atoms. The van der Waals surface area contributed by atoms with Crippen LogP contribution in [-0.4, -0.2) is 9.55 Å². The Bertz CT molecular complexity index is 728. The summed E-state index contributed by atoms with van der Waals surface area (Å²) in [6, 6.07) is 13.8. The van der Waals surface area contributed by atoms with E-state index in [1.807, 2.05) is 18.2 Å². The Morgan fingerprint density at radius 3 is 2.79 bits per heavy atom. The molecule has 2 aromatic heterocycles. The number of benzene rings is 1. The van der Waals surface area contributed by atoms with E-state index >= 15 is 0 Å². The van der Waals surface area contributed by atoms with E-state index < -0.39 is 0 Å². The second-order valence-electron chi connectivity index (χ2n) is 4.43. The van der Waals surface area contributed by atoms with E-state index in [0.717, 1.165) is 12.8 Å². The highest BCUT2D eigenvalue weighted by atomic mass is 16.4. The van der Waals surface area contributed by atoms with E-state index in [-0.39, 0.29) is 5.76 Å². The van der Waals surface area contributed by atoms with Crippen molar-refractivity contribution in [2.75, 3.05) is 0 Å². The molecule has 0 unspecified atom stereocenters. The molecule has 0 fully saturated rings. The molecule has 2 heterocycles. The number of aromatic nitrogens is 2.